The van der Waals surface area contributed by atoms with E-state index < -0.39 is 0 Å². The van der Waals surface area contributed by atoms with Crippen LogP contribution in [0, 0.1) is 6.92 Å². The van der Waals surface area contributed by atoms with Crippen LogP contribution in [0.3, 0.4) is 0 Å². The Bertz CT molecular complexity index is 1560. The first-order valence-electron chi connectivity index (χ1n) is 10.9. The second-order valence-corrected chi connectivity index (χ2v) is 8.05. The van der Waals surface area contributed by atoms with Crippen LogP contribution < -0.4 is 10.9 Å². The molecule has 3 heterocycles. The summed E-state index contributed by atoms with van der Waals surface area (Å²) >= 11 is 0. The predicted molar refractivity (Wildman–Crippen MR) is 130 cm³/mol. The van der Waals surface area contributed by atoms with Crippen molar-refractivity contribution in [3.05, 3.63) is 88.5 Å². The topological polar surface area (TPSA) is 77.6 Å². The van der Waals surface area contributed by atoms with Gasteiger partial charge in [0.2, 0.25) is 0 Å². The second-order valence-electron chi connectivity index (χ2n) is 8.05. The monoisotopic (exact) mass is 440 g/mol. The summed E-state index contributed by atoms with van der Waals surface area (Å²) in [5.41, 5.74) is 2.91. The summed E-state index contributed by atoms with van der Waals surface area (Å²) in [6.45, 7) is 2.96. The zero-order valence-electron chi connectivity index (χ0n) is 18.5. The molecular weight excluding hydrogens is 416 g/mol. The Hall–Kier alpha value is -3.97. The number of hydrogen-bond acceptors (Lipinski definition) is 4. The standard InChI is InChI=1S/C26H24N4O3/c1-17-8-6-13-30-23(17)28-24-20(26(30)32)16-22(29(24)14-7-15-33-2)25(31)27-21-12-5-10-18-9-3-4-11-19(18)21/h3-6,8-13,16H,7,14-15H2,1-2H3,(H,27,31). The first-order valence-corrected chi connectivity index (χ1v) is 10.9. The molecule has 7 heteroatoms. The third-order valence-corrected chi connectivity index (χ3v) is 5.89. The molecule has 0 saturated carbocycles. The summed E-state index contributed by atoms with van der Waals surface area (Å²) in [5.74, 6) is -0.285. The van der Waals surface area contributed by atoms with Gasteiger partial charge < -0.3 is 14.6 Å². The summed E-state index contributed by atoms with van der Waals surface area (Å²) in [4.78, 5) is 31.5. The van der Waals surface area contributed by atoms with E-state index in [2.05, 4.69) is 5.32 Å². The summed E-state index contributed by atoms with van der Waals surface area (Å²) in [7, 11) is 1.64. The third kappa shape index (κ3) is 3.66. The van der Waals surface area contributed by atoms with E-state index in [1.54, 1.807) is 19.4 Å². The fraction of sp³-hybridized carbons (Fsp3) is 0.192. The van der Waals surface area contributed by atoms with Crippen molar-refractivity contribution in [2.24, 2.45) is 0 Å². The molecule has 3 aromatic heterocycles. The van der Waals surface area contributed by atoms with Gasteiger partial charge in [-0.25, -0.2) is 4.98 Å². The van der Waals surface area contributed by atoms with E-state index in [1.807, 2.05) is 66.1 Å². The Labute approximate surface area is 190 Å². The minimum absolute atomic E-state index is 0.191. The number of anilines is 1. The van der Waals surface area contributed by atoms with Crippen molar-refractivity contribution in [2.45, 2.75) is 19.9 Å². The van der Waals surface area contributed by atoms with Gasteiger partial charge in [0.1, 0.15) is 17.0 Å². The molecule has 0 aliphatic carbocycles. The maximum atomic E-state index is 13.5. The first kappa shape index (κ1) is 20.9. The van der Waals surface area contributed by atoms with Gasteiger partial charge in [-0.2, -0.15) is 0 Å². The normalized spacial score (nSPS) is 11.5. The van der Waals surface area contributed by atoms with E-state index in [1.165, 1.54) is 4.40 Å². The lowest BCUT2D eigenvalue weighted by atomic mass is 10.1. The van der Waals surface area contributed by atoms with Crippen LogP contribution in [-0.2, 0) is 11.3 Å². The number of methoxy groups -OCH3 is 1. The Balaban J connectivity index is 1.65. The molecule has 0 saturated heterocycles. The van der Waals surface area contributed by atoms with Gasteiger partial charge >= 0.3 is 0 Å². The number of nitrogens with zero attached hydrogens (tertiary/aromatic N) is 3. The summed E-state index contributed by atoms with van der Waals surface area (Å²) in [6.07, 6.45) is 2.39. The Kier molecular flexibility index (Phi) is 5.40. The van der Waals surface area contributed by atoms with Gasteiger partial charge in [0, 0.05) is 37.5 Å². The molecule has 0 aliphatic rings. The lowest BCUT2D eigenvalue weighted by molar-refractivity contribution is 0.101. The van der Waals surface area contributed by atoms with Crippen molar-refractivity contribution in [3.63, 3.8) is 0 Å². The SMILES string of the molecule is COCCCn1c(C(=O)Nc2cccc3ccccc23)cc2c(=O)n3cccc(C)c3nc21. The first-order chi connectivity index (χ1) is 16.1. The maximum absolute atomic E-state index is 13.5. The molecular formula is C26H24N4O3. The van der Waals surface area contributed by atoms with Crippen molar-refractivity contribution in [2.75, 3.05) is 19.0 Å². The van der Waals surface area contributed by atoms with Gasteiger partial charge in [-0.15, -0.1) is 0 Å². The highest BCUT2D eigenvalue weighted by atomic mass is 16.5. The summed E-state index contributed by atoms with van der Waals surface area (Å²) in [5, 5.41) is 5.45. The molecule has 0 fully saturated rings. The molecule has 0 unspecified atom stereocenters. The number of aromatic nitrogens is 3. The molecule has 5 rings (SSSR count). The number of pyridine rings is 1. The van der Waals surface area contributed by atoms with Crippen LogP contribution in [0.2, 0.25) is 0 Å². The number of nitrogens with one attached hydrogen (secondary N) is 1. The highest BCUT2D eigenvalue weighted by Crippen LogP contribution is 2.25. The van der Waals surface area contributed by atoms with Crippen molar-refractivity contribution < 1.29 is 9.53 Å². The molecule has 1 N–H and O–H groups in total. The van der Waals surface area contributed by atoms with Crippen LogP contribution in [0.25, 0.3) is 27.5 Å². The number of carbonyl (C=O) groups excluding carboxylic acids is 1. The van der Waals surface area contributed by atoms with Gasteiger partial charge in [0.15, 0.2) is 0 Å². The maximum Gasteiger partial charge on any atom is 0.272 e. The average molecular weight is 441 g/mol. The largest absolute Gasteiger partial charge is 0.385 e. The van der Waals surface area contributed by atoms with Crippen LogP contribution in [0.5, 0.6) is 0 Å². The number of amides is 1. The van der Waals surface area contributed by atoms with Crippen molar-refractivity contribution in [1.82, 2.24) is 14.0 Å². The van der Waals surface area contributed by atoms with Gasteiger partial charge in [0.25, 0.3) is 11.5 Å². The Morgan fingerprint density at radius 3 is 2.70 bits per heavy atom. The molecule has 0 aliphatic heterocycles. The molecule has 5 aromatic rings. The summed E-state index contributed by atoms with van der Waals surface area (Å²) < 4.78 is 8.56. The zero-order chi connectivity index (χ0) is 22.9. The van der Waals surface area contributed by atoms with Gasteiger partial charge in [-0.05, 0) is 42.5 Å². The van der Waals surface area contributed by atoms with Crippen LogP contribution in [-0.4, -0.2) is 33.6 Å². The van der Waals surface area contributed by atoms with Crippen LogP contribution in [0.1, 0.15) is 22.5 Å². The fourth-order valence-electron chi connectivity index (χ4n) is 4.26. The highest BCUT2D eigenvalue weighted by molar-refractivity contribution is 6.10. The smallest absolute Gasteiger partial charge is 0.272 e. The lowest BCUT2D eigenvalue weighted by Crippen LogP contribution is -2.18. The molecule has 7 nitrogen and oxygen atoms in total. The quantitative estimate of drug-likeness (QED) is 0.397. The minimum atomic E-state index is -0.285. The zero-order valence-corrected chi connectivity index (χ0v) is 18.5. The van der Waals surface area contributed by atoms with Crippen molar-refractivity contribution in [3.8, 4) is 0 Å². The number of aryl methyl sites for hydroxylation is 2. The molecule has 1 amide bonds. The van der Waals surface area contributed by atoms with Crippen LogP contribution in [0.15, 0.2) is 71.7 Å². The average Bonchev–Trinajstić information content (AvgIpc) is 3.19. The van der Waals surface area contributed by atoms with E-state index in [9.17, 15) is 9.59 Å². The van der Waals surface area contributed by atoms with Gasteiger partial charge in [-0.3, -0.25) is 14.0 Å². The molecule has 33 heavy (non-hydrogen) atoms. The number of fused-ring (bicyclic) bond motifs is 3. The van der Waals surface area contributed by atoms with E-state index in [-0.39, 0.29) is 11.5 Å². The number of rotatable bonds is 6. The van der Waals surface area contributed by atoms with E-state index in [0.717, 1.165) is 22.0 Å². The van der Waals surface area contributed by atoms with Crippen molar-refractivity contribution >= 4 is 39.0 Å². The van der Waals surface area contributed by atoms with Gasteiger partial charge in [-0.1, -0.05) is 42.5 Å². The fourth-order valence-corrected chi connectivity index (χ4v) is 4.26. The Morgan fingerprint density at radius 1 is 1.03 bits per heavy atom. The minimum Gasteiger partial charge on any atom is -0.385 e. The predicted octanol–water partition coefficient (Wildman–Crippen LogP) is 4.40. The van der Waals surface area contributed by atoms with E-state index in [4.69, 9.17) is 9.72 Å². The molecule has 166 valence electrons. The molecule has 0 atom stereocenters. The summed E-state index contributed by atoms with van der Waals surface area (Å²) in [6, 6.07) is 19.1. The molecule has 0 bridgehead atoms. The number of benzene rings is 2. The lowest BCUT2D eigenvalue weighted by Gasteiger charge is -2.12. The molecule has 2 aromatic carbocycles. The number of carbonyl (C=O) groups is 1. The highest BCUT2D eigenvalue weighted by Gasteiger charge is 2.20. The van der Waals surface area contributed by atoms with Crippen LogP contribution >= 0.6 is 0 Å². The van der Waals surface area contributed by atoms with Crippen LogP contribution in [0.4, 0.5) is 5.69 Å². The van der Waals surface area contributed by atoms with E-state index >= 15 is 0 Å². The third-order valence-electron chi connectivity index (χ3n) is 5.89. The van der Waals surface area contributed by atoms with E-state index in [0.29, 0.717) is 41.9 Å². The van der Waals surface area contributed by atoms with Crippen molar-refractivity contribution in [1.29, 1.82) is 0 Å². The second kappa shape index (κ2) is 8.52. The Morgan fingerprint density at radius 2 is 1.85 bits per heavy atom. The molecule has 0 spiro atoms. The molecule has 0 radical (unpaired) electrons. The van der Waals surface area contributed by atoms with Gasteiger partial charge in [0.05, 0.1) is 5.39 Å². The number of hydrogen-bond donors (Lipinski definition) is 1. The number of ether oxygens (including phenoxy) is 1.